The van der Waals surface area contributed by atoms with Gasteiger partial charge in [0.15, 0.2) is 0 Å². The van der Waals surface area contributed by atoms with Gasteiger partial charge in [0.25, 0.3) is 0 Å². The Morgan fingerprint density at radius 3 is 2.56 bits per heavy atom. The first-order valence-corrected chi connectivity index (χ1v) is 6.51. The van der Waals surface area contributed by atoms with Crippen molar-refractivity contribution >= 4 is 39.1 Å². The standard InChI is InChI=1S/C12H15BrClNO/c1-12(2,3)8-5-4-6-9(14)11(8)15-10(16)7-13/h4-6H,7H2,1-3H3,(H,15,16). The van der Waals surface area contributed by atoms with E-state index in [1.54, 1.807) is 6.07 Å². The highest BCUT2D eigenvalue weighted by Crippen LogP contribution is 2.34. The Morgan fingerprint density at radius 1 is 1.44 bits per heavy atom. The number of carbonyl (C=O) groups is 1. The van der Waals surface area contributed by atoms with Crippen LogP contribution in [0.2, 0.25) is 5.02 Å². The maximum Gasteiger partial charge on any atom is 0.235 e. The van der Waals surface area contributed by atoms with Gasteiger partial charge in [0.2, 0.25) is 5.91 Å². The van der Waals surface area contributed by atoms with E-state index < -0.39 is 0 Å². The maximum absolute atomic E-state index is 11.4. The number of para-hydroxylation sites is 1. The van der Waals surface area contributed by atoms with Crippen LogP contribution in [-0.2, 0) is 10.2 Å². The van der Waals surface area contributed by atoms with E-state index in [4.69, 9.17) is 11.6 Å². The molecule has 4 heteroatoms. The van der Waals surface area contributed by atoms with Crippen molar-refractivity contribution in [1.29, 1.82) is 0 Å². The first kappa shape index (κ1) is 13.5. The quantitative estimate of drug-likeness (QED) is 0.823. The van der Waals surface area contributed by atoms with Crippen LogP contribution in [0, 0.1) is 0 Å². The van der Waals surface area contributed by atoms with Crippen molar-refractivity contribution in [3.05, 3.63) is 28.8 Å². The molecule has 1 aromatic carbocycles. The Kier molecular flexibility index (Phi) is 4.39. The number of hydrogen-bond donors (Lipinski definition) is 1. The molecule has 0 unspecified atom stereocenters. The smallest absolute Gasteiger partial charge is 0.235 e. The van der Waals surface area contributed by atoms with Crippen molar-refractivity contribution in [1.82, 2.24) is 0 Å². The Morgan fingerprint density at radius 2 is 2.06 bits per heavy atom. The zero-order valence-corrected chi connectivity index (χ0v) is 11.9. The van der Waals surface area contributed by atoms with Crippen LogP contribution >= 0.6 is 27.5 Å². The van der Waals surface area contributed by atoms with Crippen LogP contribution in [0.25, 0.3) is 0 Å². The van der Waals surface area contributed by atoms with E-state index in [9.17, 15) is 4.79 Å². The fraction of sp³-hybridized carbons (Fsp3) is 0.417. The monoisotopic (exact) mass is 303 g/mol. The Bertz CT molecular complexity index is 398. The lowest BCUT2D eigenvalue weighted by molar-refractivity contribution is -0.113. The topological polar surface area (TPSA) is 29.1 Å². The van der Waals surface area contributed by atoms with E-state index >= 15 is 0 Å². The minimum absolute atomic E-state index is 0.0557. The number of halogens is 2. The molecule has 0 radical (unpaired) electrons. The van der Waals surface area contributed by atoms with Crippen LogP contribution in [-0.4, -0.2) is 11.2 Å². The molecule has 0 bridgehead atoms. The lowest BCUT2D eigenvalue weighted by atomic mass is 9.86. The van der Waals surface area contributed by atoms with Crippen LogP contribution in [0.1, 0.15) is 26.3 Å². The number of rotatable bonds is 2. The predicted octanol–water partition coefficient (Wildman–Crippen LogP) is 3.97. The first-order chi connectivity index (χ1) is 7.36. The third kappa shape index (κ3) is 3.22. The van der Waals surface area contributed by atoms with E-state index in [1.807, 2.05) is 12.1 Å². The van der Waals surface area contributed by atoms with Crippen molar-refractivity contribution < 1.29 is 4.79 Å². The fourth-order valence-corrected chi connectivity index (χ4v) is 1.81. The Labute approximate surface area is 110 Å². The van der Waals surface area contributed by atoms with Gasteiger partial charge >= 0.3 is 0 Å². The van der Waals surface area contributed by atoms with E-state index in [1.165, 1.54) is 0 Å². The summed E-state index contributed by atoms with van der Waals surface area (Å²) in [4.78, 5) is 11.4. The summed E-state index contributed by atoms with van der Waals surface area (Å²) >= 11 is 9.22. The second-order valence-electron chi connectivity index (χ2n) is 4.59. The number of alkyl halides is 1. The number of anilines is 1. The molecule has 88 valence electrons. The lowest BCUT2D eigenvalue weighted by Crippen LogP contribution is -2.19. The summed E-state index contributed by atoms with van der Waals surface area (Å²) in [6.07, 6.45) is 0. The molecule has 0 spiro atoms. The van der Waals surface area contributed by atoms with E-state index in [2.05, 4.69) is 42.0 Å². The molecular formula is C12H15BrClNO. The zero-order valence-electron chi connectivity index (χ0n) is 9.60. The van der Waals surface area contributed by atoms with Crippen LogP contribution in [0.4, 0.5) is 5.69 Å². The van der Waals surface area contributed by atoms with Crippen molar-refractivity contribution in [2.75, 3.05) is 10.6 Å². The van der Waals surface area contributed by atoms with E-state index in [0.717, 1.165) is 5.56 Å². The Hall–Kier alpha value is -0.540. The van der Waals surface area contributed by atoms with E-state index in [0.29, 0.717) is 10.7 Å². The molecule has 1 aromatic rings. The normalized spacial score (nSPS) is 11.3. The molecule has 0 aliphatic heterocycles. The Balaban J connectivity index is 3.19. The van der Waals surface area contributed by atoms with Gasteiger partial charge in [-0.2, -0.15) is 0 Å². The first-order valence-electron chi connectivity index (χ1n) is 5.01. The third-order valence-electron chi connectivity index (χ3n) is 2.21. The highest BCUT2D eigenvalue weighted by molar-refractivity contribution is 9.09. The van der Waals surface area contributed by atoms with Gasteiger partial charge in [-0.15, -0.1) is 0 Å². The predicted molar refractivity (Wildman–Crippen MR) is 72.6 cm³/mol. The summed E-state index contributed by atoms with van der Waals surface area (Å²) in [5.41, 5.74) is 1.69. The van der Waals surface area contributed by atoms with Crippen LogP contribution in [0.5, 0.6) is 0 Å². The molecule has 1 N–H and O–H groups in total. The number of hydrogen-bond acceptors (Lipinski definition) is 1. The molecule has 16 heavy (non-hydrogen) atoms. The zero-order chi connectivity index (χ0) is 12.3. The van der Waals surface area contributed by atoms with Crippen molar-refractivity contribution in [3.63, 3.8) is 0 Å². The molecule has 1 rings (SSSR count). The van der Waals surface area contributed by atoms with Crippen molar-refractivity contribution in [2.45, 2.75) is 26.2 Å². The second-order valence-corrected chi connectivity index (χ2v) is 5.56. The van der Waals surface area contributed by atoms with Gasteiger partial charge in [-0.1, -0.05) is 60.4 Å². The van der Waals surface area contributed by atoms with Gasteiger partial charge in [0, 0.05) is 0 Å². The molecular weight excluding hydrogens is 289 g/mol. The molecule has 0 heterocycles. The van der Waals surface area contributed by atoms with Gasteiger partial charge in [-0.25, -0.2) is 0 Å². The minimum atomic E-state index is -0.0985. The number of benzene rings is 1. The van der Waals surface area contributed by atoms with Crippen molar-refractivity contribution in [3.8, 4) is 0 Å². The number of amides is 1. The highest BCUT2D eigenvalue weighted by atomic mass is 79.9. The summed E-state index contributed by atoms with van der Waals surface area (Å²) in [5.74, 6) is -0.0985. The lowest BCUT2D eigenvalue weighted by Gasteiger charge is -2.23. The summed E-state index contributed by atoms with van der Waals surface area (Å²) in [5, 5.41) is 3.65. The molecule has 0 saturated heterocycles. The second kappa shape index (κ2) is 5.19. The van der Waals surface area contributed by atoms with Gasteiger partial charge < -0.3 is 5.32 Å². The molecule has 2 nitrogen and oxygen atoms in total. The van der Waals surface area contributed by atoms with Crippen molar-refractivity contribution in [2.24, 2.45) is 0 Å². The van der Waals surface area contributed by atoms with Crippen LogP contribution in [0.15, 0.2) is 18.2 Å². The summed E-state index contributed by atoms with van der Waals surface area (Å²) in [7, 11) is 0. The molecule has 1 amide bonds. The van der Waals surface area contributed by atoms with E-state index in [-0.39, 0.29) is 16.7 Å². The summed E-state index contributed by atoms with van der Waals surface area (Å²) < 4.78 is 0. The minimum Gasteiger partial charge on any atom is -0.324 e. The van der Waals surface area contributed by atoms with Crippen LogP contribution in [0.3, 0.4) is 0 Å². The maximum atomic E-state index is 11.4. The molecule has 0 aliphatic rings. The molecule has 0 aromatic heterocycles. The molecule has 0 fully saturated rings. The molecule has 0 saturated carbocycles. The SMILES string of the molecule is CC(C)(C)c1cccc(Cl)c1NC(=O)CBr. The van der Waals surface area contributed by atoms with Gasteiger partial charge in [0.05, 0.1) is 16.0 Å². The number of carbonyl (C=O) groups excluding carboxylic acids is 1. The third-order valence-corrected chi connectivity index (χ3v) is 3.03. The summed E-state index contributed by atoms with van der Waals surface area (Å²) in [6, 6.07) is 5.66. The number of nitrogens with one attached hydrogen (secondary N) is 1. The average molecular weight is 305 g/mol. The molecule has 0 atom stereocenters. The highest BCUT2D eigenvalue weighted by Gasteiger charge is 2.20. The van der Waals surface area contributed by atoms with Gasteiger partial charge in [0.1, 0.15) is 0 Å². The van der Waals surface area contributed by atoms with Gasteiger partial charge in [-0.3, -0.25) is 4.79 Å². The largest absolute Gasteiger partial charge is 0.324 e. The van der Waals surface area contributed by atoms with Gasteiger partial charge in [-0.05, 0) is 17.0 Å². The fourth-order valence-electron chi connectivity index (χ4n) is 1.45. The average Bonchev–Trinajstić information content (AvgIpc) is 2.19. The van der Waals surface area contributed by atoms with Crippen LogP contribution < -0.4 is 5.32 Å². The summed E-state index contributed by atoms with van der Waals surface area (Å²) in [6.45, 7) is 6.26. The molecule has 0 aliphatic carbocycles.